The molecule has 32 heavy (non-hydrogen) atoms. The Morgan fingerprint density at radius 2 is 1.84 bits per heavy atom. The minimum Gasteiger partial charge on any atom is -0.368 e. The number of hydrogen-bond acceptors (Lipinski definition) is 6. The van der Waals surface area contributed by atoms with Crippen molar-refractivity contribution < 1.29 is 41.8 Å². The van der Waals surface area contributed by atoms with Crippen LogP contribution < -0.4 is 16.0 Å². The average Bonchev–Trinajstić information content (AvgIpc) is 3.20. The number of ketones is 1. The Morgan fingerprint density at radius 3 is 2.41 bits per heavy atom. The van der Waals surface area contributed by atoms with Gasteiger partial charge in [0.25, 0.3) is 0 Å². The number of nitrogens with one attached hydrogen (secondary N) is 3. The van der Waals surface area contributed by atoms with Gasteiger partial charge in [0.1, 0.15) is 18.8 Å². The molecule has 12 heteroatoms. The Hall–Kier alpha value is -2.21. The molecule has 0 aromatic carbocycles. The Balaban J connectivity index is 1.65. The van der Waals surface area contributed by atoms with Crippen molar-refractivity contribution in [2.75, 3.05) is 19.8 Å². The topological polar surface area (TPSA) is 123 Å². The Labute approximate surface area is 183 Å². The van der Waals surface area contributed by atoms with Gasteiger partial charge in [-0.05, 0) is 38.0 Å². The van der Waals surface area contributed by atoms with Crippen molar-refractivity contribution in [3.05, 3.63) is 0 Å². The standard InChI is InChI=1S/C20H28F3N3O6/c21-20(22,23)32-10-15(27)13(9-12-5-6-24-17(12)28)25-18(29)14(8-11-3-4-11)26-19(30)16-2-1-7-31-16/h11-14,16H,1-10H2,(H,24,28)(H,25,29)(H,26,30)/t12-,13-,14-,16+/m0/s1. The number of carbonyl (C=O) groups is 4. The van der Waals surface area contributed by atoms with Gasteiger partial charge >= 0.3 is 6.36 Å². The van der Waals surface area contributed by atoms with E-state index in [0.29, 0.717) is 32.4 Å². The van der Waals surface area contributed by atoms with E-state index in [1.165, 1.54) is 0 Å². The van der Waals surface area contributed by atoms with E-state index >= 15 is 0 Å². The number of rotatable bonds is 11. The van der Waals surface area contributed by atoms with E-state index in [2.05, 4.69) is 20.7 Å². The van der Waals surface area contributed by atoms with Crippen LogP contribution in [0.5, 0.6) is 0 Å². The minimum atomic E-state index is -5.00. The molecule has 2 heterocycles. The lowest BCUT2D eigenvalue weighted by Crippen LogP contribution is -2.54. The highest BCUT2D eigenvalue weighted by Gasteiger charge is 2.38. The van der Waals surface area contributed by atoms with E-state index in [1.807, 2.05) is 0 Å². The van der Waals surface area contributed by atoms with Crippen molar-refractivity contribution in [1.82, 2.24) is 16.0 Å². The zero-order valence-electron chi connectivity index (χ0n) is 17.5. The summed E-state index contributed by atoms with van der Waals surface area (Å²) in [6, 6.07) is -2.30. The molecule has 0 radical (unpaired) electrons. The molecule has 4 atom stereocenters. The van der Waals surface area contributed by atoms with Crippen LogP contribution in [0.3, 0.4) is 0 Å². The average molecular weight is 463 g/mol. The molecule has 1 saturated carbocycles. The SMILES string of the molecule is O=C1NCC[C@H]1C[C@H](NC(=O)[C@H](CC1CC1)NC(=O)[C@H]1CCCO1)C(=O)COC(F)(F)F. The molecule has 0 aromatic rings. The molecule has 2 saturated heterocycles. The van der Waals surface area contributed by atoms with Crippen molar-refractivity contribution >= 4 is 23.5 Å². The third-order valence-electron chi connectivity index (χ3n) is 5.89. The van der Waals surface area contributed by atoms with Gasteiger partial charge in [-0.2, -0.15) is 0 Å². The van der Waals surface area contributed by atoms with Crippen LogP contribution in [0.15, 0.2) is 0 Å². The van der Waals surface area contributed by atoms with Crippen LogP contribution >= 0.6 is 0 Å². The fraction of sp³-hybridized carbons (Fsp3) is 0.800. The van der Waals surface area contributed by atoms with E-state index in [0.717, 1.165) is 19.3 Å². The monoisotopic (exact) mass is 463 g/mol. The number of alkyl halides is 3. The molecule has 0 spiro atoms. The summed E-state index contributed by atoms with van der Waals surface area (Å²) < 4.78 is 46.1. The third kappa shape index (κ3) is 7.44. The largest absolute Gasteiger partial charge is 0.522 e. The minimum absolute atomic E-state index is 0.145. The van der Waals surface area contributed by atoms with Crippen molar-refractivity contribution in [1.29, 1.82) is 0 Å². The predicted molar refractivity (Wildman–Crippen MR) is 103 cm³/mol. The summed E-state index contributed by atoms with van der Waals surface area (Å²) in [4.78, 5) is 49.7. The highest BCUT2D eigenvalue weighted by molar-refractivity contribution is 5.94. The first-order valence-corrected chi connectivity index (χ1v) is 10.9. The molecule has 9 nitrogen and oxygen atoms in total. The van der Waals surface area contributed by atoms with Gasteiger partial charge in [0.15, 0.2) is 5.78 Å². The highest BCUT2D eigenvalue weighted by atomic mass is 19.4. The number of ether oxygens (including phenoxy) is 2. The van der Waals surface area contributed by atoms with Crippen molar-refractivity contribution in [2.45, 2.75) is 69.5 Å². The summed E-state index contributed by atoms with van der Waals surface area (Å²) in [6.07, 6.45) is -1.95. The normalized spacial score (nSPS) is 25.2. The lowest BCUT2D eigenvalue weighted by Gasteiger charge is -2.25. The van der Waals surface area contributed by atoms with E-state index in [-0.39, 0.29) is 18.2 Å². The van der Waals surface area contributed by atoms with Gasteiger partial charge in [0.2, 0.25) is 17.7 Å². The molecular formula is C20H28F3N3O6. The lowest BCUT2D eigenvalue weighted by atomic mass is 9.95. The first kappa shape index (κ1) is 24.4. The van der Waals surface area contributed by atoms with Gasteiger partial charge in [-0.3, -0.25) is 23.9 Å². The van der Waals surface area contributed by atoms with Crippen LogP contribution in [0.1, 0.15) is 44.9 Å². The maximum Gasteiger partial charge on any atom is 0.522 e. The van der Waals surface area contributed by atoms with Gasteiger partial charge in [0.05, 0.1) is 6.04 Å². The summed E-state index contributed by atoms with van der Waals surface area (Å²) in [5, 5.41) is 7.71. The van der Waals surface area contributed by atoms with Gasteiger partial charge < -0.3 is 20.7 Å². The molecule has 3 N–H and O–H groups in total. The zero-order valence-corrected chi connectivity index (χ0v) is 17.5. The molecule has 3 aliphatic rings. The van der Waals surface area contributed by atoms with Gasteiger partial charge in [-0.1, -0.05) is 12.8 Å². The number of carbonyl (C=O) groups excluding carboxylic acids is 4. The Kier molecular flexibility index (Phi) is 8.10. The van der Waals surface area contributed by atoms with Crippen LogP contribution in [-0.2, 0) is 28.7 Å². The fourth-order valence-corrected chi connectivity index (χ4v) is 3.92. The Morgan fingerprint density at radius 1 is 1.09 bits per heavy atom. The smallest absolute Gasteiger partial charge is 0.368 e. The van der Waals surface area contributed by atoms with Crippen LogP contribution in [0.2, 0.25) is 0 Å². The summed E-state index contributed by atoms with van der Waals surface area (Å²) in [7, 11) is 0. The van der Waals surface area contributed by atoms with Crippen LogP contribution in [0.25, 0.3) is 0 Å². The van der Waals surface area contributed by atoms with Gasteiger partial charge in [0, 0.05) is 19.1 Å². The molecule has 3 amide bonds. The third-order valence-corrected chi connectivity index (χ3v) is 5.89. The molecule has 2 aliphatic heterocycles. The second kappa shape index (κ2) is 10.6. The molecular weight excluding hydrogens is 435 g/mol. The number of halogens is 3. The first-order valence-electron chi connectivity index (χ1n) is 10.9. The summed E-state index contributed by atoms with van der Waals surface area (Å²) in [5.41, 5.74) is 0. The van der Waals surface area contributed by atoms with E-state index in [1.54, 1.807) is 0 Å². The second-order valence-electron chi connectivity index (χ2n) is 8.52. The molecule has 180 valence electrons. The van der Waals surface area contributed by atoms with Gasteiger partial charge in [-0.15, -0.1) is 13.2 Å². The predicted octanol–water partition coefficient (Wildman–Crippen LogP) is 0.567. The highest BCUT2D eigenvalue weighted by Crippen LogP contribution is 2.33. The number of hydrogen-bond donors (Lipinski definition) is 3. The van der Waals surface area contributed by atoms with E-state index < -0.39 is 54.7 Å². The lowest BCUT2D eigenvalue weighted by molar-refractivity contribution is -0.321. The molecule has 0 bridgehead atoms. The molecule has 3 rings (SSSR count). The summed E-state index contributed by atoms with van der Waals surface area (Å²) >= 11 is 0. The Bertz CT molecular complexity index is 722. The molecule has 3 fully saturated rings. The number of Topliss-reactive ketones (excluding diaryl/α,β-unsaturated/α-hetero) is 1. The van der Waals surface area contributed by atoms with E-state index in [4.69, 9.17) is 4.74 Å². The van der Waals surface area contributed by atoms with Crippen LogP contribution in [0.4, 0.5) is 13.2 Å². The zero-order chi connectivity index (χ0) is 23.3. The maximum atomic E-state index is 12.9. The first-order chi connectivity index (χ1) is 15.1. The van der Waals surface area contributed by atoms with Crippen LogP contribution in [-0.4, -0.2) is 67.8 Å². The fourth-order valence-electron chi connectivity index (χ4n) is 3.92. The van der Waals surface area contributed by atoms with Crippen molar-refractivity contribution in [3.8, 4) is 0 Å². The van der Waals surface area contributed by atoms with Crippen molar-refractivity contribution in [2.24, 2.45) is 11.8 Å². The maximum absolute atomic E-state index is 12.9. The molecule has 1 aliphatic carbocycles. The van der Waals surface area contributed by atoms with Crippen LogP contribution in [0, 0.1) is 11.8 Å². The number of amides is 3. The molecule has 0 unspecified atom stereocenters. The summed E-state index contributed by atoms with van der Waals surface area (Å²) in [5.74, 6) is -2.79. The quantitative estimate of drug-likeness (QED) is 0.412. The second-order valence-corrected chi connectivity index (χ2v) is 8.52. The molecule has 0 aromatic heterocycles. The van der Waals surface area contributed by atoms with E-state index in [9.17, 15) is 32.3 Å². The van der Waals surface area contributed by atoms with Gasteiger partial charge in [-0.25, -0.2) is 0 Å². The van der Waals surface area contributed by atoms with Crippen molar-refractivity contribution in [3.63, 3.8) is 0 Å². The summed E-state index contributed by atoms with van der Waals surface area (Å²) in [6.45, 7) is -0.436.